The molecule has 2 aromatic rings. The standard InChI is InChI=1S/C23H33FN6S.HI/c1-3-29-12-14-30(15-13-29)22-17-19(9-11-26-22)18-28-23(25-2)27-10-4-16-31-21-7-5-20(24)6-8-21;/h5-9,11,17H,3-4,10,12-16,18H2,1-2H3,(H2,25,27,28);1H. The van der Waals surface area contributed by atoms with Crippen molar-refractivity contribution in [2.24, 2.45) is 4.99 Å². The molecule has 9 heteroatoms. The topological polar surface area (TPSA) is 55.8 Å². The third kappa shape index (κ3) is 8.74. The molecule has 1 aromatic heterocycles. The summed E-state index contributed by atoms with van der Waals surface area (Å²) in [5.74, 6) is 2.62. The molecule has 0 amide bonds. The molecule has 176 valence electrons. The molecule has 2 N–H and O–H groups in total. The third-order valence-corrected chi connectivity index (χ3v) is 6.43. The summed E-state index contributed by atoms with van der Waals surface area (Å²) in [6, 6.07) is 10.9. The summed E-state index contributed by atoms with van der Waals surface area (Å²) >= 11 is 1.73. The summed E-state index contributed by atoms with van der Waals surface area (Å²) in [4.78, 5) is 14.8. The van der Waals surface area contributed by atoms with Gasteiger partial charge in [0.15, 0.2) is 5.96 Å². The first kappa shape index (κ1) is 26.7. The lowest BCUT2D eigenvalue weighted by Crippen LogP contribution is -2.46. The van der Waals surface area contributed by atoms with Gasteiger partial charge in [0, 0.05) is 57.4 Å². The number of likely N-dealkylation sites (N-methyl/N-ethyl adjacent to an activating group) is 1. The van der Waals surface area contributed by atoms with Gasteiger partial charge in [-0.05, 0) is 60.7 Å². The maximum Gasteiger partial charge on any atom is 0.191 e. The molecule has 1 aliphatic rings. The normalized spacial score (nSPS) is 14.7. The SMILES string of the molecule is CCN1CCN(c2cc(CNC(=NC)NCCCSc3ccc(F)cc3)ccn2)CC1.I. The van der Waals surface area contributed by atoms with Gasteiger partial charge in [0.2, 0.25) is 0 Å². The molecule has 3 rings (SSSR count). The molecule has 0 radical (unpaired) electrons. The van der Waals surface area contributed by atoms with E-state index < -0.39 is 0 Å². The monoisotopic (exact) mass is 572 g/mol. The van der Waals surface area contributed by atoms with E-state index in [2.05, 4.69) is 43.4 Å². The van der Waals surface area contributed by atoms with Gasteiger partial charge in [-0.3, -0.25) is 4.99 Å². The van der Waals surface area contributed by atoms with Crippen LogP contribution >= 0.6 is 35.7 Å². The van der Waals surface area contributed by atoms with Crippen molar-refractivity contribution >= 4 is 47.5 Å². The molecule has 0 spiro atoms. The first-order chi connectivity index (χ1) is 15.2. The zero-order valence-corrected chi connectivity index (χ0v) is 22.0. The van der Waals surface area contributed by atoms with Gasteiger partial charge < -0.3 is 20.4 Å². The number of piperazine rings is 1. The zero-order chi connectivity index (χ0) is 21.9. The van der Waals surface area contributed by atoms with Crippen molar-refractivity contribution in [3.8, 4) is 0 Å². The van der Waals surface area contributed by atoms with Crippen LogP contribution in [0.2, 0.25) is 0 Å². The number of pyridine rings is 1. The van der Waals surface area contributed by atoms with Crippen LogP contribution in [0.1, 0.15) is 18.9 Å². The molecule has 1 fully saturated rings. The van der Waals surface area contributed by atoms with Gasteiger partial charge in [-0.25, -0.2) is 9.37 Å². The molecular formula is C23H34FIN6S. The number of aliphatic imine (C=N–C) groups is 1. The number of benzene rings is 1. The smallest absolute Gasteiger partial charge is 0.191 e. The fraction of sp³-hybridized carbons (Fsp3) is 0.478. The van der Waals surface area contributed by atoms with E-state index in [9.17, 15) is 4.39 Å². The highest BCUT2D eigenvalue weighted by molar-refractivity contribution is 14.0. The molecule has 1 aliphatic heterocycles. The number of halogens is 2. The molecule has 2 heterocycles. The number of nitrogens with one attached hydrogen (secondary N) is 2. The Kier molecular flexibility index (Phi) is 12.1. The number of aromatic nitrogens is 1. The third-order valence-electron chi connectivity index (χ3n) is 5.33. The minimum absolute atomic E-state index is 0. The fourth-order valence-corrected chi connectivity index (χ4v) is 4.30. The second kappa shape index (κ2) is 14.5. The van der Waals surface area contributed by atoms with E-state index in [1.165, 1.54) is 17.7 Å². The van der Waals surface area contributed by atoms with Gasteiger partial charge in [-0.1, -0.05) is 6.92 Å². The van der Waals surface area contributed by atoms with Gasteiger partial charge in [0.25, 0.3) is 0 Å². The Morgan fingerprint density at radius 1 is 1.12 bits per heavy atom. The molecule has 0 unspecified atom stereocenters. The minimum atomic E-state index is -0.193. The number of nitrogens with zero attached hydrogens (tertiary/aromatic N) is 4. The van der Waals surface area contributed by atoms with Crippen LogP contribution in [0.15, 0.2) is 52.5 Å². The Bertz CT molecular complexity index is 827. The Morgan fingerprint density at radius 3 is 2.56 bits per heavy atom. The summed E-state index contributed by atoms with van der Waals surface area (Å²) in [6.45, 7) is 9.10. The minimum Gasteiger partial charge on any atom is -0.356 e. The summed E-state index contributed by atoms with van der Waals surface area (Å²) in [6.07, 6.45) is 2.88. The predicted molar refractivity (Wildman–Crippen MR) is 144 cm³/mol. The van der Waals surface area contributed by atoms with Crippen molar-refractivity contribution in [2.75, 3.05) is 57.0 Å². The first-order valence-corrected chi connectivity index (χ1v) is 11.9. The summed E-state index contributed by atoms with van der Waals surface area (Å²) in [5.41, 5.74) is 1.19. The van der Waals surface area contributed by atoms with Gasteiger partial charge in [0.1, 0.15) is 11.6 Å². The quantitative estimate of drug-likeness (QED) is 0.157. The Balaban J connectivity index is 0.00000363. The summed E-state index contributed by atoms with van der Waals surface area (Å²) in [5, 5.41) is 6.74. The van der Waals surface area contributed by atoms with E-state index >= 15 is 0 Å². The van der Waals surface area contributed by atoms with E-state index in [4.69, 9.17) is 0 Å². The predicted octanol–water partition coefficient (Wildman–Crippen LogP) is 3.83. The van der Waals surface area contributed by atoms with Crippen LogP contribution in [0.4, 0.5) is 10.2 Å². The lowest BCUT2D eigenvalue weighted by molar-refractivity contribution is 0.270. The average molecular weight is 573 g/mol. The Hall–Kier alpha value is -1.59. The van der Waals surface area contributed by atoms with E-state index in [1.54, 1.807) is 18.8 Å². The Labute approximate surface area is 212 Å². The van der Waals surface area contributed by atoms with Crippen LogP contribution in [0.25, 0.3) is 0 Å². The van der Waals surface area contributed by atoms with Crippen LogP contribution in [-0.2, 0) is 6.54 Å². The average Bonchev–Trinajstić information content (AvgIpc) is 2.82. The number of hydrogen-bond acceptors (Lipinski definition) is 5. The summed E-state index contributed by atoms with van der Waals surface area (Å²) < 4.78 is 13.0. The first-order valence-electron chi connectivity index (χ1n) is 10.9. The molecule has 1 saturated heterocycles. The molecular weight excluding hydrogens is 538 g/mol. The van der Waals surface area contributed by atoms with Crippen LogP contribution in [0.5, 0.6) is 0 Å². The lowest BCUT2D eigenvalue weighted by atomic mass is 10.2. The van der Waals surface area contributed by atoms with Crippen molar-refractivity contribution < 1.29 is 4.39 Å². The molecule has 6 nitrogen and oxygen atoms in total. The second-order valence-corrected chi connectivity index (χ2v) is 8.62. The van der Waals surface area contributed by atoms with E-state index in [0.717, 1.165) is 68.1 Å². The molecule has 1 aromatic carbocycles. The van der Waals surface area contributed by atoms with Crippen LogP contribution in [0, 0.1) is 5.82 Å². The number of thioether (sulfide) groups is 1. The largest absolute Gasteiger partial charge is 0.356 e. The molecule has 0 saturated carbocycles. The van der Waals surface area contributed by atoms with Gasteiger partial charge >= 0.3 is 0 Å². The highest BCUT2D eigenvalue weighted by atomic mass is 127. The Morgan fingerprint density at radius 2 is 1.88 bits per heavy atom. The summed E-state index contributed by atoms with van der Waals surface area (Å²) in [7, 11) is 1.79. The molecule has 0 atom stereocenters. The fourth-order valence-electron chi connectivity index (χ4n) is 3.44. The number of rotatable bonds is 9. The highest BCUT2D eigenvalue weighted by Crippen LogP contribution is 2.18. The van der Waals surface area contributed by atoms with Gasteiger partial charge in [-0.15, -0.1) is 35.7 Å². The maximum atomic E-state index is 13.0. The van der Waals surface area contributed by atoms with Crippen LogP contribution < -0.4 is 15.5 Å². The van der Waals surface area contributed by atoms with E-state index in [-0.39, 0.29) is 29.8 Å². The van der Waals surface area contributed by atoms with Crippen LogP contribution in [-0.4, -0.2) is 67.9 Å². The lowest BCUT2D eigenvalue weighted by Gasteiger charge is -2.34. The highest BCUT2D eigenvalue weighted by Gasteiger charge is 2.16. The van der Waals surface area contributed by atoms with Crippen molar-refractivity contribution in [2.45, 2.75) is 24.8 Å². The molecule has 0 bridgehead atoms. The molecule has 32 heavy (non-hydrogen) atoms. The van der Waals surface area contributed by atoms with E-state index in [1.807, 2.05) is 24.4 Å². The van der Waals surface area contributed by atoms with Crippen molar-refractivity contribution in [3.05, 3.63) is 54.0 Å². The van der Waals surface area contributed by atoms with E-state index in [0.29, 0.717) is 6.54 Å². The zero-order valence-electron chi connectivity index (χ0n) is 18.9. The second-order valence-electron chi connectivity index (χ2n) is 7.45. The van der Waals surface area contributed by atoms with Crippen molar-refractivity contribution in [1.82, 2.24) is 20.5 Å². The van der Waals surface area contributed by atoms with Gasteiger partial charge in [0.05, 0.1) is 0 Å². The van der Waals surface area contributed by atoms with Crippen molar-refractivity contribution in [1.29, 1.82) is 0 Å². The van der Waals surface area contributed by atoms with Gasteiger partial charge in [-0.2, -0.15) is 0 Å². The van der Waals surface area contributed by atoms with Crippen LogP contribution in [0.3, 0.4) is 0 Å². The molecule has 0 aliphatic carbocycles. The van der Waals surface area contributed by atoms with Crippen molar-refractivity contribution in [3.63, 3.8) is 0 Å². The number of anilines is 1. The maximum absolute atomic E-state index is 13.0. The number of guanidine groups is 1. The number of hydrogen-bond donors (Lipinski definition) is 2.